The normalized spacial score (nSPS) is 24.4. The van der Waals surface area contributed by atoms with Crippen LogP contribution in [0.1, 0.15) is 48.9 Å². The minimum Gasteiger partial charge on any atom is -0.481 e. The van der Waals surface area contributed by atoms with Gasteiger partial charge in [0.05, 0.1) is 11.5 Å². The molecule has 0 atom stereocenters. The van der Waals surface area contributed by atoms with E-state index in [2.05, 4.69) is 15.2 Å². The first-order valence-electron chi connectivity index (χ1n) is 8.39. The van der Waals surface area contributed by atoms with E-state index in [1.165, 1.54) is 0 Å². The van der Waals surface area contributed by atoms with Crippen molar-refractivity contribution in [3.63, 3.8) is 0 Å². The number of anilines is 1. The van der Waals surface area contributed by atoms with Crippen LogP contribution in [-0.2, 0) is 4.79 Å². The average molecular weight is 317 g/mol. The molecule has 23 heavy (non-hydrogen) atoms. The molecule has 1 aliphatic carbocycles. The summed E-state index contributed by atoms with van der Waals surface area (Å²) in [4.78, 5) is 30.2. The van der Waals surface area contributed by atoms with Gasteiger partial charge in [0.2, 0.25) is 0 Å². The van der Waals surface area contributed by atoms with Crippen molar-refractivity contribution in [2.75, 3.05) is 18.0 Å². The quantitative estimate of drug-likeness (QED) is 0.888. The summed E-state index contributed by atoms with van der Waals surface area (Å²) in [5.41, 5.74) is 0.620. The Labute approximate surface area is 135 Å². The van der Waals surface area contributed by atoms with E-state index in [0.29, 0.717) is 18.4 Å². The molecule has 2 aliphatic rings. The summed E-state index contributed by atoms with van der Waals surface area (Å²) in [5, 5.41) is 12.1. The van der Waals surface area contributed by atoms with Crippen molar-refractivity contribution in [1.29, 1.82) is 0 Å². The lowest BCUT2D eigenvalue weighted by atomic mass is 9.86. The van der Waals surface area contributed by atoms with Gasteiger partial charge in [-0.05, 0) is 50.7 Å². The first-order chi connectivity index (χ1) is 11.1. The maximum Gasteiger partial charge on any atom is 0.306 e. The van der Waals surface area contributed by atoms with Crippen molar-refractivity contribution in [3.05, 3.63) is 23.9 Å². The van der Waals surface area contributed by atoms with E-state index in [9.17, 15) is 9.59 Å². The number of hydrogen-bond donors (Lipinski definition) is 2. The van der Waals surface area contributed by atoms with Crippen LogP contribution in [0.3, 0.4) is 0 Å². The first kappa shape index (κ1) is 15.8. The number of nitrogens with one attached hydrogen (secondary N) is 1. The zero-order chi connectivity index (χ0) is 16.2. The molecule has 1 aromatic heterocycles. The van der Waals surface area contributed by atoms with Crippen LogP contribution in [0.2, 0.25) is 0 Å². The van der Waals surface area contributed by atoms with E-state index in [-0.39, 0.29) is 17.9 Å². The molecule has 0 aromatic carbocycles. The van der Waals surface area contributed by atoms with Gasteiger partial charge < -0.3 is 15.3 Å². The molecule has 124 valence electrons. The number of carbonyl (C=O) groups is 2. The Hall–Kier alpha value is -2.11. The molecule has 1 saturated heterocycles. The number of nitrogens with zero attached hydrogens (tertiary/aromatic N) is 2. The number of carboxylic acid groups (broad SMARTS) is 1. The molecule has 6 heteroatoms. The molecular formula is C17H23N3O3. The molecule has 1 aliphatic heterocycles. The monoisotopic (exact) mass is 317 g/mol. The second-order valence-corrected chi connectivity index (χ2v) is 6.43. The van der Waals surface area contributed by atoms with Gasteiger partial charge in [0.1, 0.15) is 5.82 Å². The molecule has 6 nitrogen and oxygen atoms in total. The molecule has 3 rings (SSSR count). The highest BCUT2D eigenvalue weighted by Crippen LogP contribution is 2.26. The summed E-state index contributed by atoms with van der Waals surface area (Å²) in [7, 11) is 0. The predicted octanol–water partition coefficient (Wildman–Crippen LogP) is 2.05. The number of amides is 1. The van der Waals surface area contributed by atoms with Gasteiger partial charge in [-0.1, -0.05) is 0 Å². The predicted molar refractivity (Wildman–Crippen MR) is 86.5 cm³/mol. The molecule has 2 heterocycles. The third kappa shape index (κ3) is 3.63. The van der Waals surface area contributed by atoms with Gasteiger partial charge in [-0.3, -0.25) is 9.59 Å². The molecular weight excluding hydrogens is 294 g/mol. The van der Waals surface area contributed by atoms with Crippen LogP contribution >= 0.6 is 0 Å². The smallest absolute Gasteiger partial charge is 0.306 e. The van der Waals surface area contributed by atoms with Crippen LogP contribution in [0, 0.1) is 5.92 Å². The number of aliphatic carboxylic acids is 1. The third-order valence-electron chi connectivity index (χ3n) is 4.85. The Morgan fingerprint density at radius 2 is 1.87 bits per heavy atom. The second-order valence-electron chi connectivity index (χ2n) is 6.43. The van der Waals surface area contributed by atoms with Gasteiger partial charge in [-0.25, -0.2) is 4.98 Å². The number of hydrogen-bond acceptors (Lipinski definition) is 4. The molecule has 0 bridgehead atoms. The zero-order valence-electron chi connectivity index (χ0n) is 13.2. The van der Waals surface area contributed by atoms with Gasteiger partial charge >= 0.3 is 5.97 Å². The fourth-order valence-electron chi connectivity index (χ4n) is 3.50. The summed E-state index contributed by atoms with van der Waals surface area (Å²) in [6, 6.07) is 3.67. The van der Waals surface area contributed by atoms with Crippen LogP contribution < -0.4 is 10.2 Å². The van der Waals surface area contributed by atoms with Crippen molar-refractivity contribution < 1.29 is 14.7 Å². The fraction of sp³-hybridized carbons (Fsp3) is 0.588. The minimum atomic E-state index is -0.724. The molecule has 1 saturated carbocycles. The highest BCUT2D eigenvalue weighted by molar-refractivity contribution is 5.99. The van der Waals surface area contributed by atoms with Gasteiger partial charge in [0.15, 0.2) is 0 Å². The summed E-state index contributed by atoms with van der Waals surface area (Å²) in [6.07, 6.45) is 6.71. The Morgan fingerprint density at radius 1 is 1.17 bits per heavy atom. The van der Waals surface area contributed by atoms with Gasteiger partial charge in [0, 0.05) is 25.3 Å². The van der Waals surface area contributed by atoms with E-state index in [1.54, 1.807) is 12.3 Å². The highest BCUT2D eigenvalue weighted by Gasteiger charge is 2.28. The molecule has 0 radical (unpaired) electrons. The molecule has 1 aromatic rings. The van der Waals surface area contributed by atoms with Crippen LogP contribution in [0.25, 0.3) is 0 Å². The summed E-state index contributed by atoms with van der Waals surface area (Å²) in [5.74, 6) is -0.319. The third-order valence-corrected chi connectivity index (χ3v) is 4.85. The second kappa shape index (κ2) is 6.98. The lowest BCUT2D eigenvalue weighted by Crippen LogP contribution is -2.39. The average Bonchev–Trinajstić information content (AvgIpc) is 3.09. The largest absolute Gasteiger partial charge is 0.481 e. The molecule has 0 spiro atoms. The summed E-state index contributed by atoms with van der Waals surface area (Å²) < 4.78 is 0. The van der Waals surface area contributed by atoms with Gasteiger partial charge in [-0.15, -0.1) is 0 Å². The van der Waals surface area contributed by atoms with Crippen molar-refractivity contribution in [1.82, 2.24) is 10.3 Å². The lowest BCUT2D eigenvalue weighted by molar-refractivity contribution is -0.142. The van der Waals surface area contributed by atoms with E-state index >= 15 is 0 Å². The van der Waals surface area contributed by atoms with Crippen molar-refractivity contribution >= 4 is 17.7 Å². The Morgan fingerprint density at radius 3 is 2.52 bits per heavy atom. The Bertz CT molecular complexity index is 576. The first-order valence-corrected chi connectivity index (χ1v) is 8.39. The standard InChI is InChI=1S/C17H23N3O3/c21-16(19-13-7-5-12(6-8-13)17(22)23)14-4-3-9-18-15(14)20-10-1-2-11-20/h3-4,9,12-13H,1-2,5-8,10-11H2,(H,19,21)(H,22,23). The topological polar surface area (TPSA) is 82.5 Å². The lowest BCUT2D eigenvalue weighted by Gasteiger charge is -2.27. The zero-order valence-corrected chi connectivity index (χ0v) is 13.2. The maximum atomic E-state index is 12.6. The van der Waals surface area contributed by atoms with Crippen LogP contribution in [0.15, 0.2) is 18.3 Å². The Kier molecular flexibility index (Phi) is 4.79. The van der Waals surface area contributed by atoms with E-state index in [4.69, 9.17) is 5.11 Å². The van der Waals surface area contributed by atoms with Crippen LogP contribution in [0.5, 0.6) is 0 Å². The maximum absolute atomic E-state index is 12.6. The van der Waals surface area contributed by atoms with E-state index in [1.807, 2.05) is 6.07 Å². The summed E-state index contributed by atoms with van der Waals surface area (Å²) >= 11 is 0. The van der Waals surface area contributed by atoms with Crippen LogP contribution in [-0.4, -0.2) is 41.1 Å². The number of pyridine rings is 1. The van der Waals surface area contributed by atoms with Gasteiger partial charge in [-0.2, -0.15) is 0 Å². The van der Waals surface area contributed by atoms with E-state index in [0.717, 1.165) is 44.6 Å². The molecule has 2 N–H and O–H groups in total. The number of carbonyl (C=O) groups excluding carboxylic acids is 1. The molecule has 2 fully saturated rings. The van der Waals surface area contributed by atoms with Crippen molar-refractivity contribution in [2.45, 2.75) is 44.6 Å². The van der Waals surface area contributed by atoms with Crippen molar-refractivity contribution in [2.24, 2.45) is 5.92 Å². The minimum absolute atomic E-state index is 0.0599. The van der Waals surface area contributed by atoms with Crippen molar-refractivity contribution in [3.8, 4) is 0 Å². The molecule has 1 amide bonds. The summed E-state index contributed by atoms with van der Waals surface area (Å²) in [6.45, 7) is 1.89. The van der Waals surface area contributed by atoms with Crippen LogP contribution in [0.4, 0.5) is 5.82 Å². The number of aromatic nitrogens is 1. The fourth-order valence-corrected chi connectivity index (χ4v) is 3.50. The van der Waals surface area contributed by atoms with Gasteiger partial charge in [0.25, 0.3) is 5.91 Å². The number of carboxylic acids is 1. The highest BCUT2D eigenvalue weighted by atomic mass is 16.4. The number of rotatable bonds is 4. The Balaban J connectivity index is 1.64. The van der Waals surface area contributed by atoms with E-state index < -0.39 is 5.97 Å². The molecule has 0 unspecified atom stereocenters. The SMILES string of the molecule is O=C(NC1CCC(C(=O)O)CC1)c1cccnc1N1CCCC1.